The number of aliphatic carboxylic acids is 2. The van der Waals surface area contributed by atoms with Crippen LogP contribution < -0.4 is 21.6 Å². The highest BCUT2D eigenvalue weighted by Crippen LogP contribution is 2.41. The summed E-state index contributed by atoms with van der Waals surface area (Å²) < 4.78 is 11.7. The number of β-lactam (4-membered cyclic amide) rings is 1. The molecule has 8 N–H and O–H groups in total. The van der Waals surface area contributed by atoms with E-state index in [0.717, 1.165) is 22.5 Å². The van der Waals surface area contributed by atoms with Crippen LogP contribution in [-0.4, -0.2) is 99.2 Å². The van der Waals surface area contributed by atoms with E-state index in [4.69, 9.17) is 25.7 Å². The topological polar surface area (TPSA) is 305 Å². The molecule has 2 aromatic carbocycles. The normalized spacial score (nSPS) is 15.7. The number of carboxylic acid groups (broad SMARTS) is 2. The van der Waals surface area contributed by atoms with Gasteiger partial charge in [-0.25, -0.2) is 9.48 Å². The number of amides is 3. The standard InChI is InChI=1S/C19H16N2O7.C11H11N5O5S2/c1-27-13-6-10-12(7-11(13)23)28-17(15(16(10)24)19(21)26)14(18(20)25)8-2-4-9(22)5-3-8;17-6-1-7-16(6)9(10(20)21)5(3-22-7)4-23-11-12-13-14-15(11)2-8(18)19/h2-7,14,22-23H,1H3,(H2,20,25)(H2,21,26);7H,1-4H2,(H,18,19)(H,20,21)/t;7-/m.0/s1. The van der Waals surface area contributed by atoms with Crippen LogP contribution in [0.4, 0.5) is 0 Å². The number of carbonyl (C=O) groups excluding carboxylic acids is 3. The first-order chi connectivity index (χ1) is 24.2. The lowest BCUT2D eigenvalue weighted by molar-refractivity contribution is -0.146. The Balaban J connectivity index is 0.000000201. The fourth-order valence-corrected chi connectivity index (χ4v) is 7.49. The van der Waals surface area contributed by atoms with Crippen molar-refractivity contribution >= 4 is 64.2 Å². The minimum atomic E-state index is -1.33. The molecule has 2 atom stereocenters. The second kappa shape index (κ2) is 14.8. The monoisotopic (exact) mass is 741 g/mol. The van der Waals surface area contributed by atoms with Crippen LogP contribution in [0.2, 0.25) is 0 Å². The van der Waals surface area contributed by atoms with Gasteiger partial charge in [-0.05, 0) is 39.8 Å². The highest BCUT2D eigenvalue weighted by Gasteiger charge is 2.45. The van der Waals surface area contributed by atoms with Gasteiger partial charge in [0, 0.05) is 17.6 Å². The van der Waals surface area contributed by atoms with E-state index in [9.17, 15) is 44.1 Å². The van der Waals surface area contributed by atoms with Gasteiger partial charge in [-0.2, -0.15) is 0 Å². The van der Waals surface area contributed by atoms with Gasteiger partial charge >= 0.3 is 11.9 Å². The van der Waals surface area contributed by atoms with Crippen LogP contribution in [0.1, 0.15) is 34.0 Å². The largest absolute Gasteiger partial charge is 0.508 e. The summed E-state index contributed by atoms with van der Waals surface area (Å²) in [5.74, 6) is -5.71. The van der Waals surface area contributed by atoms with Crippen molar-refractivity contribution in [3.05, 3.63) is 74.8 Å². The third-order valence-electron chi connectivity index (χ3n) is 7.53. The molecule has 0 saturated carbocycles. The van der Waals surface area contributed by atoms with Gasteiger partial charge in [0.05, 0.1) is 24.3 Å². The van der Waals surface area contributed by atoms with Crippen LogP contribution in [0.5, 0.6) is 17.2 Å². The van der Waals surface area contributed by atoms with Gasteiger partial charge in [-0.1, -0.05) is 23.9 Å². The number of hydrogen-bond acceptors (Lipinski definition) is 15. The third-order valence-corrected chi connectivity index (χ3v) is 9.85. The number of aromatic nitrogens is 4. The van der Waals surface area contributed by atoms with Crippen molar-refractivity contribution in [2.75, 3.05) is 18.6 Å². The van der Waals surface area contributed by atoms with Crippen molar-refractivity contribution in [3.63, 3.8) is 0 Å². The average molecular weight is 742 g/mol. The molecule has 6 rings (SSSR count). The molecule has 1 fully saturated rings. The van der Waals surface area contributed by atoms with E-state index < -0.39 is 40.7 Å². The number of tetrazole rings is 1. The lowest BCUT2D eigenvalue weighted by Crippen LogP contribution is -2.54. The Hall–Kier alpha value is -6.09. The number of methoxy groups -OCH3 is 1. The molecule has 1 unspecified atom stereocenters. The van der Waals surface area contributed by atoms with E-state index in [1.54, 1.807) is 0 Å². The zero-order chi connectivity index (χ0) is 37.1. The van der Waals surface area contributed by atoms with E-state index >= 15 is 0 Å². The number of rotatable bonds is 11. The molecule has 1 saturated heterocycles. The van der Waals surface area contributed by atoms with Crippen molar-refractivity contribution < 1.29 is 53.6 Å². The molecule has 19 nitrogen and oxygen atoms in total. The van der Waals surface area contributed by atoms with Crippen LogP contribution >= 0.6 is 23.5 Å². The highest BCUT2D eigenvalue weighted by atomic mass is 32.2. The minimum absolute atomic E-state index is 0.00652. The summed E-state index contributed by atoms with van der Waals surface area (Å²) in [5.41, 5.74) is 10.3. The molecule has 2 aliphatic heterocycles. The van der Waals surface area contributed by atoms with Gasteiger partial charge in [0.2, 0.25) is 22.4 Å². The molecule has 21 heteroatoms. The summed E-state index contributed by atoms with van der Waals surface area (Å²) in [4.78, 5) is 72.2. The summed E-state index contributed by atoms with van der Waals surface area (Å²) in [6, 6.07) is 7.73. The predicted octanol–water partition coefficient (Wildman–Crippen LogP) is 0.423. The van der Waals surface area contributed by atoms with Crippen LogP contribution in [0.15, 0.2) is 62.0 Å². The van der Waals surface area contributed by atoms with Gasteiger partial charge < -0.3 is 41.0 Å². The number of fused-ring (bicyclic) bond motifs is 2. The molecule has 2 aromatic heterocycles. The lowest BCUT2D eigenvalue weighted by Gasteiger charge is -2.43. The van der Waals surface area contributed by atoms with E-state index in [0.29, 0.717) is 17.7 Å². The second-order valence-corrected chi connectivity index (χ2v) is 12.9. The smallest absolute Gasteiger partial charge is 0.352 e. The zero-order valence-electron chi connectivity index (χ0n) is 26.2. The van der Waals surface area contributed by atoms with Crippen molar-refractivity contribution in [1.29, 1.82) is 0 Å². The predicted molar refractivity (Wildman–Crippen MR) is 177 cm³/mol. The van der Waals surface area contributed by atoms with Gasteiger partial charge in [-0.3, -0.25) is 28.9 Å². The molecular weight excluding hydrogens is 715 g/mol. The van der Waals surface area contributed by atoms with E-state index in [-0.39, 0.29) is 74.0 Å². The Labute approximate surface area is 293 Å². The summed E-state index contributed by atoms with van der Waals surface area (Å²) in [6.45, 7) is -0.373. The SMILES string of the molecule is COc1cc2c(=O)c(C(N)=O)c(C(C(N)=O)c3ccc(O)cc3)oc2cc1O.O=C(O)Cn1nnnc1SCC1=C(C(=O)O)N2C(=O)C[C@@H]2SC1. The summed E-state index contributed by atoms with van der Waals surface area (Å²) >= 11 is 2.66. The Morgan fingerprint density at radius 3 is 2.41 bits per heavy atom. The first-order valence-corrected chi connectivity index (χ1v) is 16.5. The number of hydrogen-bond donors (Lipinski definition) is 6. The van der Waals surface area contributed by atoms with Crippen LogP contribution in [0, 0.1) is 0 Å². The molecule has 3 amide bonds. The van der Waals surface area contributed by atoms with Crippen LogP contribution in [-0.2, 0) is 25.7 Å². The summed E-state index contributed by atoms with van der Waals surface area (Å²) in [7, 11) is 1.29. The fourth-order valence-electron chi connectivity index (χ4n) is 5.21. The lowest BCUT2D eigenvalue weighted by atomic mass is 9.91. The van der Waals surface area contributed by atoms with Crippen molar-refractivity contribution in [2.24, 2.45) is 11.5 Å². The maximum atomic E-state index is 12.9. The van der Waals surface area contributed by atoms with Crippen molar-refractivity contribution in [3.8, 4) is 17.2 Å². The highest BCUT2D eigenvalue weighted by molar-refractivity contribution is 8.00. The first-order valence-electron chi connectivity index (χ1n) is 14.5. The Morgan fingerprint density at radius 2 is 1.82 bits per heavy atom. The third kappa shape index (κ3) is 7.43. The van der Waals surface area contributed by atoms with E-state index in [1.165, 1.54) is 54.1 Å². The maximum Gasteiger partial charge on any atom is 0.352 e. The molecule has 0 radical (unpaired) electrons. The number of phenols is 2. The quantitative estimate of drug-likeness (QED) is 0.0896. The molecule has 0 bridgehead atoms. The Bertz CT molecular complexity index is 2170. The fraction of sp³-hybridized carbons (Fsp3) is 0.233. The van der Waals surface area contributed by atoms with Crippen LogP contribution in [0.3, 0.4) is 0 Å². The number of nitrogens with zero attached hydrogens (tertiary/aromatic N) is 5. The number of nitrogens with two attached hydrogens (primary N) is 2. The summed E-state index contributed by atoms with van der Waals surface area (Å²) in [5, 5.41) is 48.4. The molecule has 266 valence electrons. The van der Waals surface area contributed by atoms with Crippen LogP contribution in [0.25, 0.3) is 11.0 Å². The van der Waals surface area contributed by atoms with Gasteiger partial charge in [0.1, 0.15) is 40.8 Å². The molecule has 4 aromatic rings. The number of primary amides is 2. The summed E-state index contributed by atoms with van der Waals surface area (Å²) in [6.07, 6.45) is 0.360. The second-order valence-electron chi connectivity index (χ2n) is 10.8. The number of ether oxygens (including phenoxy) is 1. The average Bonchev–Trinajstić information content (AvgIpc) is 3.50. The van der Waals surface area contributed by atoms with Gasteiger partial charge in [0.15, 0.2) is 11.5 Å². The minimum Gasteiger partial charge on any atom is -0.508 e. The number of aromatic hydroxyl groups is 2. The molecule has 51 heavy (non-hydrogen) atoms. The Kier molecular flexibility index (Phi) is 10.5. The van der Waals surface area contributed by atoms with E-state index in [2.05, 4.69) is 15.5 Å². The van der Waals surface area contributed by atoms with Crippen molar-refractivity contribution in [2.45, 2.75) is 29.4 Å². The Morgan fingerprint density at radius 1 is 1.12 bits per heavy atom. The number of carboxylic acids is 2. The number of carbonyl (C=O) groups is 5. The zero-order valence-corrected chi connectivity index (χ0v) is 27.8. The number of thioether (sulfide) groups is 2. The van der Waals surface area contributed by atoms with Gasteiger partial charge in [0.25, 0.3) is 5.91 Å². The molecule has 0 aliphatic carbocycles. The molecule has 2 aliphatic rings. The number of phenolic OH excluding ortho intramolecular Hbond substituents is 2. The molecular formula is C30H27N7O12S2. The van der Waals surface area contributed by atoms with Gasteiger partial charge in [-0.15, -0.1) is 16.9 Å². The molecule has 0 spiro atoms. The maximum absolute atomic E-state index is 12.9. The first kappa shape index (κ1) is 36.2. The molecule has 4 heterocycles. The van der Waals surface area contributed by atoms with Crippen molar-refractivity contribution in [1.82, 2.24) is 25.1 Å². The van der Waals surface area contributed by atoms with E-state index in [1.807, 2.05) is 0 Å². The number of benzene rings is 2.